The number of nitrogens with zero attached hydrogens (tertiary/aromatic N) is 1. The van der Waals surface area contributed by atoms with Crippen LogP contribution in [-0.2, 0) is 0 Å². The first-order chi connectivity index (χ1) is 10.8. The van der Waals surface area contributed by atoms with Gasteiger partial charge in [0, 0.05) is 33.9 Å². The van der Waals surface area contributed by atoms with E-state index >= 15 is 0 Å². The van der Waals surface area contributed by atoms with Crippen molar-refractivity contribution in [1.29, 1.82) is 0 Å². The van der Waals surface area contributed by atoms with Gasteiger partial charge in [-0.2, -0.15) is 0 Å². The number of hydrogen-bond acceptors (Lipinski definition) is 1. The second kappa shape index (κ2) is 5.44. The molecule has 114 valence electrons. The molecule has 2 heteroatoms. The minimum absolute atomic E-state index is 0.477. The van der Waals surface area contributed by atoms with Gasteiger partial charge in [0.1, 0.15) is 0 Å². The average Bonchev–Trinajstić information content (AvgIpc) is 2.89. The summed E-state index contributed by atoms with van der Waals surface area (Å²) in [7, 11) is 0. The first-order valence-corrected chi connectivity index (χ1v) is 8.48. The third kappa shape index (κ3) is 2.14. The maximum absolute atomic E-state index is 3.73. The predicted molar refractivity (Wildman–Crippen MR) is 94.5 cm³/mol. The number of benzene rings is 2. The molecule has 1 N–H and O–H groups in total. The van der Waals surface area contributed by atoms with Gasteiger partial charge < -0.3 is 9.88 Å². The highest BCUT2D eigenvalue weighted by Gasteiger charge is 2.23. The van der Waals surface area contributed by atoms with Crippen molar-refractivity contribution in [3.63, 3.8) is 0 Å². The molecular formula is C20H24N2. The fraction of sp³-hybridized carbons (Fsp3) is 0.400. The van der Waals surface area contributed by atoms with Gasteiger partial charge in [-0.05, 0) is 51.4 Å². The summed E-state index contributed by atoms with van der Waals surface area (Å²) in [5, 5.41) is 6.49. The van der Waals surface area contributed by atoms with Gasteiger partial charge in [0.2, 0.25) is 0 Å². The zero-order chi connectivity index (χ0) is 15.1. The second-order valence-electron chi connectivity index (χ2n) is 6.70. The average molecular weight is 292 g/mol. The third-order valence-electron chi connectivity index (χ3n) is 5.20. The molecule has 2 aromatic carbocycles. The number of aryl methyl sites for hydroxylation is 1. The number of hydrogen-bond donors (Lipinski definition) is 1. The van der Waals surface area contributed by atoms with Crippen molar-refractivity contribution in [3.05, 3.63) is 48.0 Å². The minimum Gasteiger partial charge on any atom is -0.336 e. The molecule has 0 saturated carbocycles. The molecule has 22 heavy (non-hydrogen) atoms. The van der Waals surface area contributed by atoms with E-state index in [9.17, 15) is 0 Å². The Morgan fingerprint density at radius 2 is 1.86 bits per heavy atom. The molecule has 0 radical (unpaired) electrons. The first kappa shape index (κ1) is 13.8. The van der Waals surface area contributed by atoms with Crippen molar-refractivity contribution in [2.75, 3.05) is 6.54 Å². The van der Waals surface area contributed by atoms with Crippen LogP contribution in [0.4, 0.5) is 0 Å². The van der Waals surface area contributed by atoms with Crippen molar-refractivity contribution in [2.45, 2.75) is 45.2 Å². The summed E-state index contributed by atoms with van der Waals surface area (Å²) >= 11 is 0. The van der Waals surface area contributed by atoms with Crippen molar-refractivity contribution in [1.82, 2.24) is 9.88 Å². The minimum atomic E-state index is 0.477. The Balaban J connectivity index is 1.94. The Kier molecular flexibility index (Phi) is 3.42. The molecule has 2 nitrogen and oxygen atoms in total. The lowest BCUT2D eigenvalue weighted by molar-refractivity contribution is 0.317. The summed E-state index contributed by atoms with van der Waals surface area (Å²) in [6, 6.07) is 16.7. The van der Waals surface area contributed by atoms with Crippen LogP contribution in [0.25, 0.3) is 21.8 Å². The molecule has 0 aliphatic carbocycles. The van der Waals surface area contributed by atoms with E-state index in [1.54, 1.807) is 0 Å². The van der Waals surface area contributed by atoms with Gasteiger partial charge >= 0.3 is 0 Å². The maximum Gasteiger partial charge on any atom is 0.0494 e. The van der Waals surface area contributed by atoms with Gasteiger partial charge in [0.15, 0.2) is 0 Å². The standard InChI is InChI=1S/C20H24N2/c1-14-10-11-20-17(13-14)16-7-3-4-9-19(16)22(20)15(2)18-8-5-6-12-21-18/h3-4,7,9-11,13,15,18,21H,5-6,8,12H2,1-2H3. The molecule has 0 spiro atoms. The smallest absolute Gasteiger partial charge is 0.0494 e. The van der Waals surface area contributed by atoms with Crippen LogP contribution in [0.3, 0.4) is 0 Å². The van der Waals surface area contributed by atoms with Gasteiger partial charge in [0.05, 0.1) is 0 Å². The molecule has 3 aromatic rings. The van der Waals surface area contributed by atoms with E-state index in [1.807, 2.05) is 0 Å². The van der Waals surface area contributed by atoms with Crippen LogP contribution < -0.4 is 5.32 Å². The second-order valence-corrected chi connectivity index (χ2v) is 6.70. The van der Waals surface area contributed by atoms with E-state index in [4.69, 9.17) is 0 Å². The topological polar surface area (TPSA) is 17.0 Å². The highest BCUT2D eigenvalue weighted by atomic mass is 15.1. The lowest BCUT2D eigenvalue weighted by Crippen LogP contribution is -2.39. The fourth-order valence-corrected chi connectivity index (χ4v) is 4.03. The number of piperidine rings is 1. The molecule has 4 rings (SSSR count). The third-order valence-corrected chi connectivity index (χ3v) is 5.20. The van der Waals surface area contributed by atoms with Gasteiger partial charge in [-0.25, -0.2) is 0 Å². The van der Waals surface area contributed by atoms with Gasteiger partial charge in [0.25, 0.3) is 0 Å². The number of para-hydroxylation sites is 1. The Morgan fingerprint density at radius 1 is 1.05 bits per heavy atom. The van der Waals surface area contributed by atoms with Crippen molar-refractivity contribution < 1.29 is 0 Å². The van der Waals surface area contributed by atoms with Gasteiger partial charge in [-0.3, -0.25) is 0 Å². The number of rotatable bonds is 2. The molecule has 0 amide bonds. The molecule has 2 atom stereocenters. The predicted octanol–water partition coefficient (Wildman–Crippen LogP) is 4.81. The van der Waals surface area contributed by atoms with E-state index < -0.39 is 0 Å². The largest absolute Gasteiger partial charge is 0.336 e. The summed E-state index contributed by atoms with van der Waals surface area (Å²) in [6.07, 6.45) is 3.94. The van der Waals surface area contributed by atoms with Crippen LogP contribution in [-0.4, -0.2) is 17.2 Å². The quantitative estimate of drug-likeness (QED) is 0.717. The summed E-state index contributed by atoms with van der Waals surface area (Å²) in [4.78, 5) is 0. The lowest BCUT2D eigenvalue weighted by atomic mass is 9.98. The van der Waals surface area contributed by atoms with Crippen molar-refractivity contribution in [3.8, 4) is 0 Å². The fourth-order valence-electron chi connectivity index (χ4n) is 4.03. The van der Waals surface area contributed by atoms with Gasteiger partial charge in [-0.1, -0.05) is 36.2 Å². The molecule has 1 aromatic heterocycles. The van der Waals surface area contributed by atoms with Crippen molar-refractivity contribution in [2.24, 2.45) is 0 Å². The molecule has 2 unspecified atom stereocenters. The van der Waals surface area contributed by atoms with Crippen LogP contribution in [0.15, 0.2) is 42.5 Å². The zero-order valence-electron chi connectivity index (χ0n) is 13.5. The summed E-state index contributed by atoms with van der Waals surface area (Å²) in [5.74, 6) is 0. The van der Waals surface area contributed by atoms with Gasteiger partial charge in [-0.15, -0.1) is 0 Å². The Labute approximate surface area is 132 Å². The molecule has 1 aliphatic rings. The van der Waals surface area contributed by atoms with E-state index in [-0.39, 0.29) is 0 Å². The van der Waals surface area contributed by atoms with E-state index in [0.29, 0.717) is 12.1 Å². The van der Waals surface area contributed by atoms with Crippen LogP contribution >= 0.6 is 0 Å². The number of fused-ring (bicyclic) bond motifs is 3. The monoisotopic (exact) mass is 292 g/mol. The van der Waals surface area contributed by atoms with E-state index in [2.05, 4.69) is 66.2 Å². The normalized spacial score (nSPS) is 20.5. The molecule has 1 saturated heterocycles. The van der Waals surface area contributed by atoms with Crippen molar-refractivity contribution >= 4 is 21.8 Å². The molecular weight excluding hydrogens is 268 g/mol. The van der Waals surface area contributed by atoms with E-state index in [0.717, 1.165) is 6.54 Å². The number of nitrogens with one attached hydrogen (secondary N) is 1. The molecule has 0 bridgehead atoms. The van der Waals surface area contributed by atoms with Crippen LogP contribution in [0.2, 0.25) is 0 Å². The summed E-state index contributed by atoms with van der Waals surface area (Å²) < 4.78 is 2.55. The van der Waals surface area contributed by atoms with Crippen LogP contribution in [0.1, 0.15) is 37.8 Å². The lowest BCUT2D eigenvalue weighted by Gasteiger charge is -2.31. The SMILES string of the molecule is Cc1ccc2c(c1)c1ccccc1n2C(C)C1CCCCN1. The summed E-state index contributed by atoms with van der Waals surface area (Å²) in [5.41, 5.74) is 4.06. The zero-order valence-corrected chi connectivity index (χ0v) is 13.5. The Hall–Kier alpha value is -1.80. The molecule has 2 heterocycles. The highest BCUT2D eigenvalue weighted by molar-refractivity contribution is 6.08. The number of aromatic nitrogens is 1. The van der Waals surface area contributed by atoms with E-state index in [1.165, 1.54) is 46.6 Å². The highest BCUT2D eigenvalue weighted by Crippen LogP contribution is 2.34. The first-order valence-electron chi connectivity index (χ1n) is 8.48. The Morgan fingerprint density at radius 3 is 2.68 bits per heavy atom. The molecule has 1 aliphatic heterocycles. The maximum atomic E-state index is 3.73. The summed E-state index contributed by atoms with van der Waals surface area (Å²) in [6.45, 7) is 5.71. The Bertz CT molecular complexity index is 809. The van der Waals surface area contributed by atoms with Crippen LogP contribution in [0.5, 0.6) is 0 Å². The molecule has 1 fully saturated rings. The van der Waals surface area contributed by atoms with Crippen LogP contribution in [0, 0.1) is 6.92 Å².